The first-order chi connectivity index (χ1) is 6.81. The number of halogens is 1. The third-order valence-electron chi connectivity index (χ3n) is 1.76. The molecule has 5 heteroatoms. The lowest BCUT2D eigenvalue weighted by molar-refractivity contribution is 0.567. The van der Waals surface area contributed by atoms with E-state index in [1.807, 2.05) is 0 Å². The molecule has 0 aliphatic rings. The highest BCUT2D eigenvalue weighted by Crippen LogP contribution is 2.20. The minimum Gasteiger partial charge on any atom is -0.472 e. The van der Waals surface area contributed by atoms with Crippen LogP contribution in [0.2, 0.25) is 0 Å². The fourth-order valence-corrected chi connectivity index (χ4v) is 1.09. The van der Waals surface area contributed by atoms with Gasteiger partial charge in [-0.2, -0.15) is 0 Å². The third kappa shape index (κ3) is 1.44. The monoisotopic (exact) mass is 193 g/mol. The number of furan rings is 1. The molecule has 2 heterocycles. The van der Waals surface area contributed by atoms with Crippen LogP contribution in [0.3, 0.4) is 0 Å². The molecule has 0 saturated carbocycles. The predicted octanol–water partition coefficient (Wildman–Crippen LogP) is 1.92. The molecule has 0 fully saturated rings. The van der Waals surface area contributed by atoms with Gasteiger partial charge in [-0.15, -0.1) is 0 Å². The molecule has 0 spiro atoms. The van der Waals surface area contributed by atoms with Crippen LogP contribution in [-0.2, 0) is 0 Å². The summed E-state index contributed by atoms with van der Waals surface area (Å²) < 4.78 is 18.1. The Labute approximate surface area is 79.8 Å². The van der Waals surface area contributed by atoms with Crippen LogP contribution in [0, 0.1) is 5.82 Å². The molecule has 72 valence electrons. The second-order valence-electron chi connectivity index (χ2n) is 2.65. The molecule has 0 unspecified atom stereocenters. The first-order valence-corrected chi connectivity index (χ1v) is 4.04. The van der Waals surface area contributed by atoms with Crippen molar-refractivity contribution >= 4 is 5.95 Å². The Morgan fingerprint density at radius 3 is 3.00 bits per heavy atom. The van der Waals surface area contributed by atoms with Gasteiger partial charge < -0.3 is 9.73 Å². The quantitative estimate of drug-likeness (QED) is 0.791. The van der Waals surface area contributed by atoms with Gasteiger partial charge in [0.1, 0.15) is 5.69 Å². The van der Waals surface area contributed by atoms with Gasteiger partial charge in [-0.25, -0.2) is 14.4 Å². The van der Waals surface area contributed by atoms with E-state index >= 15 is 0 Å². The zero-order valence-electron chi connectivity index (χ0n) is 7.49. The molecule has 0 aromatic carbocycles. The first kappa shape index (κ1) is 8.68. The molecule has 0 atom stereocenters. The Morgan fingerprint density at radius 1 is 1.50 bits per heavy atom. The lowest BCUT2D eigenvalue weighted by atomic mass is 10.2. The fourth-order valence-electron chi connectivity index (χ4n) is 1.09. The highest BCUT2D eigenvalue weighted by atomic mass is 19.1. The molecule has 0 radical (unpaired) electrons. The summed E-state index contributed by atoms with van der Waals surface area (Å²) in [5.74, 6) is -0.0898. The number of hydrogen-bond donors (Lipinski definition) is 1. The van der Waals surface area contributed by atoms with E-state index in [0.717, 1.165) is 6.20 Å². The maximum Gasteiger partial charge on any atom is 0.223 e. The Balaban J connectivity index is 2.51. The van der Waals surface area contributed by atoms with Crippen LogP contribution >= 0.6 is 0 Å². The van der Waals surface area contributed by atoms with Crippen LogP contribution in [0.5, 0.6) is 0 Å². The van der Waals surface area contributed by atoms with E-state index in [2.05, 4.69) is 15.3 Å². The smallest absolute Gasteiger partial charge is 0.223 e. The van der Waals surface area contributed by atoms with Gasteiger partial charge in [-0.05, 0) is 6.07 Å². The van der Waals surface area contributed by atoms with Crippen LogP contribution in [0.4, 0.5) is 10.3 Å². The van der Waals surface area contributed by atoms with Gasteiger partial charge >= 0.3 is 0 Å². The summed E-state index contributed by atoms with van der Waals surface area (Å²) in [5.41, 5.74) is 0.833. The maximum absolute atomic E-state index is 13.3. The summed E-state index contributed by atoms with van der Waals surface area (Å²) in [6.45, 7) is 0. The Bertz CT molecular complexity index is 428. The van der Waals surface area contributed by atoms with Crippen molar-refractivity contribution in [2.24, 2.45) is 0 Å². The summed E-state index contributed by atoms with van der Waals surface area (Å²) in [4.78, 5) is 7.72. The van der Waals surface area contributed by atoms with Gasteiger partial charge in [0.25, 0.3) is 0 Å². The minimum atomic E-state index is -0.467. The molecular weight excluding hydrogens is 185 g/mol. The van der Waals surface area contributed by atoms with Crippen molar-refractivity contribution in [1.82, 2.24) is 9.97 Å². The Morgan fingerprint density at radius 2 is 2.36 bits per heavy atom. The number of rotatable bonds is 2. The van der Waals surface area contributed by atoms with E-state index in [-0.39, 0.29) is 5.69 Å². The van der Waals surface area contributed by atoms with Gasteiger partial charge in [0.05, 0.1) is 18.7 Å². The largest absolute Gasteiger partial charge is 0.472 e. The number of nitrogens with one attached hydrogen (secondary N) is 1. The van der Waals surface area contributed by atoms with Crippen LogP contribution in [0.25, 0.3) is 11.3 Å². The second kappa shape index (κ2) is 3.45. The molecular formula is C9H8FN3O. The van der Waals surface area contributed by atoms with Crippen LogP contribution in [-0.4, -0.2) is 17.0 Å². The van der Waals surface area contributed by atoms with Crippen molar-refractivity contribution < 1.29 is 8.81 Å². The molecule has 0 bridgehead atoms. The van der Waals surface area contributed by atoms with E-state index in [4.69, 9.17) is 4.42 Å². The zero-order chi connectivity index (χ0) is 9.97. The molecule has 0 saturated heterocycles. The van der Waals surface area contributed by atoms with Crippen molar-refractivity contribution in [2.45, 2.75) is 0 Å². The third-order valence-corrected chi connectivity index (χ3v) is 1.76. The maximum atomic E-state index is 13.3. The van der Waals surface area contributed by atoms with E-state index in [9.17, 15) is 4.39 Å². The Kier molecular flexibility index (Phi) is 2.14. The van der Waals surface area contributed by atoms with E-state index in [1.54, 1.807) is 13.1 Å². The highest BCUT2D eigenvalue weighted by Gasteiger charge is 2.09. The molecule has 0 amide bonds. The number of anilines is 1. The summed E-state index contributed by atoms with van der Waals surface area (Å²) in [6, 6.07) is 1.64. The lowest BCUT2D eigenvalue weighted by Gasteiger charge is -2.01. The van der Waals surface area contributed by atoms with Crippen molar-refractivity contribution in [1.29, 1.82) is 0 Å². The SMILES string of the molecule is CNc1ncc(F)c(-c2ccoc2)n1. The molecule has 0 aliphatic carbocycles. The summed E-state index contributed by atoms with van der Waals surface area (Å²) >= 11 is 0. The second-order valence-corrected chi connectivity index (χ2v) is 2.65. The van der Waals surface area contributed by atoms with Crippen LogP contribution in [0.15, 0.2) is 29.2 Å². The standard InChI is InChI=1S/C9H8FN3O/c1-11-9-12-4-7(10)8(13-9)6-2-3-14-5-6/h2-5H,1H3,(H,11,12,13). The van der Waals surface area contributed by atoms with Gasteiger partial charge in [0.2, 0.25) is 5.95 Å². The fraction of sp³-hybridized carbons (Fsp3) is 0.111. The van der Waals surface area contributed by atoms with Crippen molar-refractivity contribution in [3.05, 3.63) is 30.6 Å². The molecule has 4 nitrogen and oxygen atoms in total. The van der Waals surface area contributed by atoms with Crippen molar-refractivity contribution in [2.75, 3.05) is 12.4 Å². The first-order valence-electron chi connectivity index (χ1n) is 4.04. The number of aromatic nitrogens is 2. The highest BCUT2D eigenvalue weighted by molar-refractivity contribution is 5.58. The van der Waals surface area contributed by atoms with Gasteiger partial charge in [-0.1, -0.05) is 0 Å². The van der Waals surface area contributed by atoms with Gasteiger partial charge in [0.15, 0.2) is 5.82 Å². The Hall–Kier alpha value is -1.91. The molecule has 2 aromatic rings. The van der Waals surface area contributed by atoms with E-state index in [1.165, 1.54) is 12.5 Å². The average Bonchev–Trinajstić information content (AvgIpc) is 2.71. The zero-order valence-corrected chi connectivity index (χ0v) is 7.49. The van der Waals surface area contributed by atoms with Crippen LogP contribution < -0.4 is 5.32 Å². The van der Waals surface area contributed by atoms with Crippen molar-refractivity contribution in [3.8, 4) is 11.3 Å². The average molecular weight is 193 g/mol. The summed E-state index contributed by atoms with van der Waals surface area (Å²) in [5, 5.41) is 2.74. The topological polar surface area (TPSA) is 51.0 Å². The van der Waals surface area contributed by atoms with Gasteiger partial charge in [0, 0.05) is 12.6 Å². The predicted molar refractivity (Wildman–Crippen MR) is 49.2 cm³/mol. The van der Waals surface area contributed by atoms with E-state index in [0.29, 0.717) is 11.5 Å². The van der Waals surface area contributed by atoms with Gasteiger partial charge in [-0.3, -0.25) is 0 Å². The number of hydrogen-bond acceptors (Lipinski definition) is 4. The summed E-state index contributed by atoms with van der Waals surface area (Å²) in [7, 11) is 1.67. The summed E-state index contributed by atoms with van der Waals surface area (Å²) in [6.07, 6.45) is 4.03. The van der Waals surface area contributed by atoms with E-state index < -0.39 is 5.82 Å². The number of nitrogens with zero attached hydrogens (tertiary/aromatic N) is 2. The van der Waals surface area contributed by atoms with Crippen molar-refractivity contribution in [3.63, 3.8) is 0 Å². The normalized spacial score (nSPS) is 10.1. The molecule has 0 aliphatic heterocycles. The molecule has 1 N–H and O–H groups in total. The van der Waals surface area contributed by atoms with Crippen LogP contribution in [0.1, 0.15) is 0 Å². The molecule has 2 aromatic heterocycles. The minimum absolute atomic E-state index is 0.234. The molecule has 14 heavy (non-hydrogen) atoms. The molecule has 2 rings (SSSR count). The lowest BCUT2D eigenvalue weighted by Crippen LogP contribution is -1.99.